The van der Waals surface area contributed by atoms with Gasteiger partial charge in [-0.3, -0.25) is 4.18 Å². The number of sulfonamides is 1. The molecule has 5 nitrogen and oxygen atoms in total. The van der Waals surface area contributed by atoms with Crippen LogP contribution < -0.4 is 0 Å². The minimum atomic E-state index is -3.86. The van der Waals surface area contributed by atoms with Gasteiger partial charge in [0.25, 0.3) is 21.3 Å². The molecule has 124 valence electrons. The molecule has 0 radical (unpaired) electrons. The van der Waals surface area contributed by atoms with Crippen LogP contribution in [0.15, 0.2) is 29.2 Å². The van der Waals surface area contributed by atoms with E-state index in [1.807, 2.05) is 20.8 Å². The molecule has 1 aromatic carbocycles. The van der Waals surface area contributed by atoms with Gasteiger partial charge in [0, 0.05) is 0 Å². The summed E-state index contributed by atoms with van der Waals surface area (Å²) in [5.41, 5.74) is 0.184. The van der Waals surface area contributed by atoms with E-state index >= 15 is 0 Å². The zero-order chi connectivity index (χ0) is 16.7. The summed E-state index contributed by atoms with van der Waals surface area (Å²) in [5, 5.41) is 0. The molecule has 1 heterocycles. The minimum absolute atomic E-state index is 0.140. The maximum atomic E-state index is 12.9. The van der Waals surface area contributed by atoms with Crippen LogP contribution in [-0.2, 0) is 25.5 Å². The summed E-state index contributed by atoms with van der Waals surface area (Å²) in [7, 11) is -3.86. The average molecular weight is 345 g/mol. The van der Waals surface area contributed by atoms with Crippen LogP contribution in [0.1, 0.15) is 39.7 Å². The van der Waals surface area contributed by atoms with E-state index in [9.17, 15) is 12.6 Å². The van der Waals surface area contributed by atoms with Crippen molar-refractivity contribution >= 4 is 21.3 Å². The molecule has 1 aliphatic rings. The fraction of sp³-hybridized carbons (Fsp3) is 0.600. The number of nitrogens with zero attached hydrogens (tertiary/aromatic N) is 1. The number of hydrogen-bond acceptors (Lipinski definition) is 4. The molecule has 0 aliphatic carbocycles. The smallest absolute Gasteiger partial charge is 0.256 e. The molecule has 0 spiro atoms. The molecular weight excluding hydrogens is 322 g/mol. The Morgan fingerprint density at radius 2 is 1.82 bits per heavy atom. The zero-order valence-electron chi connectivity index (χ0n) is 13.6. The fourth-order valence-electron chi connectivity index (χ4n) is 2.51. The summed E-state index contributed by atoms with van der Waals surface area (Å²) >= 11 is -2.01. The highest BCUT2D eigenvalue weighted by atomic mass is 32.3. The van der Waals surface area contributed by atoms with E-state index in [-0.39, 0.29) is 10.8 Å². The van der Waals surface area contributed by atoms with Gasteiger partial charge in [-0.2, -0.15) is 0 Å². The molecule has 1 fully saturated rings. The fourth-order valence-corrected chi connectivity index (χ4v) is 5.96. The molecule has 22 heavy (non-hydrogen) atoms. The molecule has 2 atom stereocenters. The molecule has 0 N–H and O–H groups in total. The molecule has 0 amide bonds. The maximum Gasteiger partial charge on any atom is 0.256 e. The number of aryl methyl sites for hydroxylation is 1. The van der Waals surface area contributed by atoms with Gasteiger partial charge in [-0.25, -0.2) is 12.6 Å². The third-order valence-electron chi connectivity index (χ3n) is 3.74. The SMILES string of the molecule is Cc1ccc(S(=O)(=O)N2[C@H](CC(C)C)C(C)(C)O[S@@]2=O)cc1. The Balaban J connectivity index is 2.47. The lowest BCUT2D eigenvalue weighted by Gasteiger charge is -2.28. The Kier molecular flexibility index (Phi) is 4.82. The molecular formula is C15H23NO4S2. The van der Waals surface area contributed by atoms with Crippen LogP contribution >= 0.6 is 0 Å². The van der Waals surface area contributed by atoms with E-state index in [1.54, 1.807) is 38.1 Å². The van der Waals surface area contributed by atoms with Crippen molar-refractivity contribution in [3.63, 3.8) is 0 Å². The molecule has 2 rings (SSSR count). The molecule has 1 saturated heterocycles. The van der Waals surface area contributed by atoms with Crippen molar-refractivity contribution in [3.05, 3.63) is 29.8 Å². The lowest BCUT2D eigenvalue weighted by Crippen LogP contribution is -2.44. The lowest BCUT2D eigenvalue weighted by atomic mass is 9.92. The highest BCUT2D eigenvalue weighted by Gasteiger charge is 2.53. The summed E-state index contributed by atoms with van der Waals surface area (Å²) in [6.07, 6.45) is 0.587. The van der Waals surface area contributed by atoms with Gasteiger partial charge in [-0.15, -0.1) is 0 Å². The topological polar surface area (TPSA) is 63.7 Å². The van der Waals surface area contributed by atoms with Crippen molar-refractivity contribution in [2.24, 2.45) is 5.92 Å². The van der Waals surface area contributed by atoms with Crippen molar-refractivity contribution in [1.82, 2.24) is 3.71 Å². The van der Waals surface area contributed by atoms with E-state index in [4.69, 9.17) is 4.18 Å². The van der Waals surface area contributed by atoms with Gasteiger partial charge in [0.05, 0.1) is 16.5 Å². The molecule has 0 bridgehead atoms. The molecule has 0 aromatic heterocycles. The summed E-state index contributed by atoms with van der Waals surface area (Å²) in [4.78, 5) is 0.140. The molecule has 1 aromatic rings. The minimum Gasteiger partial charge on any atom is -0.270 e. The summed E-state index contributed by atoms with van der Waals surface area (Å²) in [6.45, 7) is 9.46. The maximum absolute atomic E-state index is 12.9. The van der Waals surface area contributed by atoms with Gasteiger partial charge in [0.15, 0.2) is 0 Å². The van der Waals surface area contributed by atoms with Gasteiger partial charge in [-0.1, -0.05) is 35.3 Å². The van der Waals surface area contributed by atoms with Crippen LogP contribution in [0.25, 0.3) is 0 Å². The monoisotopic (exact) mass is 345 g/mol. The Bertz CT molecular complexity index is 665. The van der Waals surface area contributed by atoms with Gasteiger partial charge in [-0.05, 0) is 45.2 Å². The van der Waals surface area contributed by atoms with Crippen LogP contribution in [0.2, 0.25) is 0 Å². The van der Waals surface area contributed by atoms with Crippen molar-refractivity contribution < 1.29 is 16.8 Å². The first kappa shape index (κ1) is 17.6. The largest absolute Gasteiger partial charge is 0.270 e. The normalized spacial score (nSPS) is 25.7. The van der Waals surface area contributed by atoms with Gasteiger partial charge in [0.1, 0.15) is 0 Å². The van der Waals surface area contributed by atoms with Gasteiger partial charge < -0.3 is 0 Å². The number of benzene rings is 1. The van der Waals surface area contributed by atoms with E-state index < -0.39 is 32.9 Å². The van der Waals surface area contributed by atoms with Crippen LogP contribution in [-0.4, -0.2) is 28.0 Å². The second kappa shape index (κ2) is 6.03. The molecule has 1 aliphatic heterocycles. The van der Waals surface area contributed by atoms with E-state index in [2.05, 4.69) is 0 Å². The second-order valence-corrected chi connectivity index (χ2v) is 9.66. The molecule has 7 heteroatoms. The van der Waals surface area contributed by atoms with Crippen LogP contribution in [0.3, 0.4) is 0 Å². The average Bonchev–Trinajstić information content (AvgIpc) is 2.59. The van der Waals surface area contributed by atoms with Crippen LogP contribution in [0.5, 0.6) is 0 Å². The Morgan fingerprint density at radius 1 is 1.27 bits per heavy atom. The first-order valence-corrected chi connectivity index (χ1v) is 9.75. The van der Waals surface area contributed by atoms with Crippen molar-refractivity contribution in [2.75, 3.05) is 0 Å². The Hall–Kier alpha value is -0.760. The van der Waals surface area contributed by atoms with Crippen molar-refractivity contribution in [1.29, 1.82) is 0 Å². The van der Waals surface area contributed by atoms with E-state index in [0.29, 0.717) is 6.42 Å². The van der Waals surface area contributed by atoms with Crippen LogP contribution in [0.4, 0.5) is 0 Å². The van der Waals surface area contributed by atoms with E-state index in [0.717, 1.165) is 9.27 Å². The first-order valence-electron chi connectivity index (χ1n) is 7.28. The predicted octanol–water partition coefficient (Wildman–Crippen LogP) is 2.79. The van der Waals surface area contributed by atoms with Gasteiger partial charge in [0.2, 0.25) is 0 Å². The van der Waals surface area contributed by atoms with E-state index in [1.165, 1.54) is 0 Å². The highest BCUT2D eigenvalue weighted by Crippen LogP contribution is 2.38. The van der Waals surface area contributed by atoms with Gasteiger partial charge >= 0.3 is 0 Å². The number of hydrogen-bond donors (Lipinski definition) is 0. The lowest BCUT2D eigenvalue weighted by molar-refractivity contribution is 0.103. The quantitative estimate of drug-likeness (QED) is 0.842. The third kappa shape index (κ3) is 3.27. The summed E-state index contributed by atoms with van der Waals surface area (Å²) < 4.78 is 44.5. The molecule has 0 unspecified atom stereocenters. The standard InChI is InChI=1S/C15H23NO4S2/c1-11(2)10-14-15(4,5)20-21(17)16(14)22(18,19)13-8-6-12(3)7-9-13/h6-9,11,14H,10H2,1-5H3/t14-,21+/m1/s1. The Labute approximate surface area is 135 Å². The first-order chi connectivity index (χ1) is 10.1. The third-order valence-corrected chi connectivity index (χ3v) is 7.41. The van der Waals surface area contributed by atoms with Crippen molar-refractivity contribution in [3.8, 4) is 0 Å². The zero-order valence-corrected chi connectivity index (χ0v) is 15.2. The summed E-state index contributed by atoms with van der Waals surface area (Å²) in [5.74, 6) is 0.263. The van der Waals surface area contributed by atoms with Crippen LogP contribution in [0, 0.1) is 12.8 Å². The Morgan fingerprint density at radius 3 is 2.32 bits per heavy atom. The molecule has 0 saturated carbocycles. The number of rotatable bonds is 4. The predicted molar refractivity (Wildman–Crippen MR) is 86.8 cm³/mol. The highest BCUT2D eigenvalue weighted by molar-refractivity contribution is 7.99. The second-order valence-electron chi connectivity index (χ2n) is 6.62. The summed E-state index contributed by atoms with van der Waals surface area (Å²) in [6, 6.07) is 6.09. The van der Waals surface area contributed by atoms with Crippen molar-refractivity contribution in [2.45, 2.75) is 57.6 Å².